The summed E-state index contributed by atoms with van der Waals surface area (Å²) >= 11 is 5.92. The molecule has 0 fully saturated rings. The van der Waals surface area contributed by atoms with E-state index in [2.05, 4.69) is 68.9 Å². The van der Waals surface area contributed by atoms with E-state index in [9.17, 15) is 0 Å². The van der Waals surface area contributed by atoms with Gasteiger partial charge in [0.25, 0.3) is 0 Å². The van der Waals surface area contributed by atoms with Crippen LogP contribution in [0.5, 0.6) is 0 Å². The Morgan fingerprint density at radius 2 is 1.91 bits per heavy atom. The van der Waals surface area contributed by atoms with Gasteiger partial charge in [-0.2, -0.15) is 0 Å². The molecule has 1 aromatic rings. The average Bonchev–Trinajstić information content (AvgIpc) is 2.07. The first-order valence-corrected chi connectivity index (χ1v) is 5.96. The summed E-state index contributed by atoms with van der Waals surface area (Å²) in [7, 11) is 0. The Bertz CT molecular complexity index is 198. The van der Waals surface area contributed by atoms with Crippen LogP contribution in [0.1, 0.15) is 15.9 Å². The number of alkyl halides is 2. The zero-order valence-electron chi connectivity index (χ0n) is 6.13. The van der Waals surface area contributed by atoms with Crippen molar-refractivity contribution in [3.05, 3.63) is 35.9 Å². The summed E-state index contributed by atoms with van der Waals surface area (Å²) in [5.74, 6) is 0. The molecule has 2 heteroatoms. The smallest absolute Gasteiger partial charge is 0.0367 e. The summed E-state index contributed by atoms with van der Waals surface area (Å²) < 4.78 is 0.646. The normalized spacial score (nSPS) is 12.9. The van der Waals surface area contributed by atoms with Gasteiger partial charge in [-0.05, 0) is 12.0 Å². The lowest BCUT2D eigenvalue weighted by Gasteiger charge is -2.06. The van der Waals surface area contributed by atoms with Gasteiger partial charge in [0.1, 0.15) is 0 Å². The molecule has 11 heavy (non-hydrogen) atoms. The minimum absolute atomic E-state index is 0.646. The zero-order valence-corrected chi connectivity index (χ0v) is 9.88. The lowest BCUT2D eigenvalue weighted by molar-refractivity contribution is 0.946. The molecule has 0 aromatic heterocycles. The second-order valence-corrected chi connectivity index (χ2v) is 4.65. The van der Waals surface area contributed by atoms with Crippen LogP contribution < -0.4 is 0 Å². The molecule has 0 spiro atoms. The predicted octanol–water partition coefficient (Wildman–Crippen LogP) is 3.95. The fourth-order valence-corrected chi connectivity index (χ4v) is 2.96. The van der Waals surface area contributed by atoms with E-state index in [4.69, 9.17) is 0 Å². The minimum atomic E-state index is 0.646. The molecule has 0 saturated heterocycles. The Morgan fingerprint density at radius 1 is 1.27 bits per heavy atom. The van der Waals surface area contributed by atoms with Crippen molar-refractivity contribution in [1.82, 2.24) is 0 Å². The molecule has 1 atom stereocenters. The molecule has 60 valence electrons. The number of benzene rings is 1. The van der Waals surface area contributed by atoms with Gasteiger partial charge in [-0.3, -0.25) is 0 Å². The topological polar surface area (TPSA) is 0 Å². The van der Waals surface area contributed by atoms with Gasteiger partial charge in [-0.15, -0.1) is 0 Å². The van der Waals surface area contributed by atoms with Gasteiger partial charge < -0.3 is 0 Å². The molecule has 0 radical (unpaired) electrons. The summed E-state index contributed by atoms with van der Waals surface area (Å²) in [6.07, 6.45) is 1.20. The molecule has 0 bridgehead atoms. The van der Waals surface area contributed by atoms with Crippen molar-refractivity contribution in [2.45, 2.75) is 10.3 Å². The van der Waals surface area contributed by atoms with Gasteiger partial charge in [-0.1, -0.05) is 68.9 Å². The number of halogens is 2. The van der Waals surface area contributed by atoms with Gasteiger partial charge in [-0.25, -0.2) is 0 Å². The zero-order chi connectivity index (χ0) is 8.10. The highest BCUT2D eigenvalue weighted by atomic mass is 127. The molecule has 0 aliphatic carbocycles. The van der Waals surface area contributed by atoms with Crippen LogP contribution in [0.25, 0.3) is 0 Å². The highest BCUT2D eigenvalue weighted by Crippen LogP contribution is 2.26. The molecule has 0 saturated carbocycles. The highest BCUT2D eigenvalue weighted by Gasteiger charge is 2.03. The van der Waals surface area contributed by atoms with E-state index >= 15 is 0 Å². The van der Waals surface area contributed by atoms with Crippen LogP contribution in [-0.2, 0) is 0 Å². The first-order valence-electron chi connectivity index (χ1n) is 3.59. The van der Waals surface area contributed by atoms with Crippen molar-refractivity contribution >= 4 is 38.5 Å². The van der Waals surface area contributed by atoms with Crippen molar-refractivity contribution in [2.24, 2.45) is 0 Å². The van der Waals surface area contributed by atoms with Crippen LogP contribution in [0.15, 0.2) is 30.3 Å². The van der Waals surface area contributed by atoms with Crippen molar-refractivity contribution < 1.29 is 0 Å². The van der Waals surface area contributed by atoms with E-state index in [0.29, 0.717) is 3.92 Å². The molecule has 1 unspecified atom stereocenters. The maximum atomic E-state index is 3.44. The summed E-state index contributed by atoms with van der Waals surface area (Å²) in [5.41, 5.74) is 1.42. The Kier molecular flexibility index (Phi) is 4.45. The summed E-state index contributed by atoms with van der Waals surface area (Å²) in [6, 6.07) is 10.6. The van der Waals surface area contributed by atoms with Crippen LogP contribution in [0.3, 0.4) is 0 Å². The first-order chi connectivity index (χ1) is 5.34. The van der Waals surface area contributed by atoms with Gasteiger partial charge >= 0.3 is 0 Å². The van der Waals surface area contributed by atoms with Crippen molar-refractivity contribution in [3.8, 4) is 0 Å². The fraction of sp³-hybridized carbons (Fsp3) is 0.333. The van der Waals surface area contributed by atoms with Gasteiger partial charge in [0.2, 0.25) is 0 Å². The summed E-state index contributed by atoms with van der Waals surface area (Å²) in [6.45, 7) is 0. The van der Waals surface area contributed by atoms with Gasteiger partial charge in [0.15, 0.2) is 0 Å². The fourth-order valence-electron chi connectivity index (χ4n) is 0.924. The molecule has 1 aromatic carbocycles. The van der Waals surface area contributed by atoms with Gasteiger partial charge in [0.05, 0.1) is 0 Å². The molecule has 1 rings (SSSR count). The lowest BCUT2D eigenvalue weighted by Crippen LogP contribution is -1.88. The van der Waals surface area contributed by atoms with Crippen LogP contribution in [0.4, 0.5) is 0 Å². The molecule has 0 heterocycles. The molecule has 0 nitrogen and oxygen atoms in total. The quantitative estimate of drug-likeness (QED) is 0.583. The second kappa shape index (κ2) is 5.14. The molecular weight excluding hydrogens is 315 g/mol. The first kappa shape index (κ1) is 9.52. The molecule has 0 aliphatic rings. The van der Waals surface area contributed by atoms with E-state index in [1.165, 1.54) is 12.0 Å². The number of rotatable bonds is 3. The highest BCUT2D eigenvalue weighted by molar-refractivity contribution is 14.1. The molecular formula is C9H10BrI. The number of hydrogen-bond acceptors (Lipinski definition) is 0. The SMILES string of the molecule is BrCCC(I)c1ccccc1. The third-order valence-corrected chi connectivity index (χ3v) is 3.32. The largest absolute Gasteiger partial charge is 0.0928 e. The molecule has 0 aliphatic heterocycles. The lowest BCUT2D eigenvalue weighted by atomic mass is 10.1. The Morgan fingerprint density at radius 3 is 2.45 bits per heavy atom. The molecule has 0 N–H and O–H groups in total. The standard InChI is InChI=1S/C9H10BrI/c10-7-6-9(11)8-4-2-1-3-5-8/h1-5,9H,6-7H2. The summed E-state index contributed by atoms with van der Waals surface area (Å²) in [4.78, 5) is 0. The van der Waals surface area contributed by atoms with E-state index in [0.717, 1.165) is 5.33 Å². The van der Waals surface area contributed by atoms with Gasteiger partial charge in [0, 0.05) is 9.25 Å². The van der Waals surface area contributed by atoms with Crippen molar-refractivity contribution in [2.75, 3.05) is 5.33 Å². The Balaban J connectivity index is 2.61. The van der Waals surface area contributed by atoms with Crippen LogP contribution in [0, 0.1) is 0 Å². The second-order valence-electron chi connectivity index (χ2n) is 2.36. The minimum Gasteiger partial charge on any atom is -0.0928 e. The van der Waals surface area contributed by atoms with Crippen LogP contribution in [0.2, 0.25) is 0 Å². The Hall–Kier alpha value is 0.430. The average molecular weight is 325 g/mol. The van der Waals surface area contributed by atoms with Crippen LogP contribution >= 0.6 is 38.5 Å². The maximum Gasteiger partial charge on any atom is 0.0367 e. The summed E-state index contributed by atoms with van der Waals surface area (Å²) in [5, 5.41) is 1.08. The van der Waals surface area contributed by atoms with Crippen molar-refractivity contribution in [1.29, 1.82) is 0 Å². The molecule has 0 amide bonds. The third kappa shape index (κ3) is 3.11. The monoisotopic (exact) mass is 324 g/mol. The van der Waals surface area contributed by atoms with Crippen molar-refractivity contribution in [3.63, 3.8) is 0 Å². The van der Waals surface area contributed by atoms with E-state index in [1.807, 2.05) is 0 Å². The van der Waals surface area contributed by atoms with Crippen LogP contribution in [-0.4, -0.2) is 5.33 Å². The maximum absolute atomic E-state index is 3.44. The van der Waals surface area contributed by atoms with E-state index < -0.39 is 0 Å². The van der Waals surface area contributed by atoms with E-state index in [1.54, 1.807) is 0 Å². The van der Waals surface area contributed by atoms with E-state index in [-0.39, 0.29) is 0 Å². The Labute approximate surface area is 89.7 Å². The number of hydrogen-bond donors (Lipinski definition) is 0. The predicted molar refractivity (Wildman–Crippen MR) is 61.6 cm³/mol. The third-order valence-electron chi connectivity index (χ3n) is 1.52.